The fraction of sp³-hybridized carbons (Fsp3) is 0.143. The van der Waals surface area contributed by atoms with Gasteiger partial charge in [-0.1, -0.05) is 11.6 Å². The molecule has 0 bridgehead atoms. The molecule has 2 N–H and O–H groups in total. The molecule has 68 valence electrons. The molecule has 0 saturated heterocycles. The number of anilines is 1. The maximum Gasteiger partial charge on any atom is 0.176 e. The summed E-state index contributed by atoms with van der Waals surface area (Å²) in [6.45, 7) is 1.83. The fourth-order valence-electron chi connectivity index (χ4n) is 1.11. The van der Waals surface area contributed by atoms with Crippen LogP contribution in [0.5, 0.6) is 0 Å². The molecule has 0 aliphatic rings. The van der Waals surface area contributed by atoms with Crippen LogP contribution in [0.4, 0.5) is 5.82 Å². The van der Waals surface area contributed by atoms with Gasteiger partial charge in [-0.05, 0) is 22.9 Å². The number of nitrogens with zero attached hydrogens (tertiary/aromatic N) is 3. The van der Waals surface area contributed by atoms with Gasteiger partial charge in [0.25, 0.3) is 0 Å². The zero-order valence-electron chi connectivity index (χ0n) is 6.75. The number of nitrogen functional groups attached to an aromatic ring is 1. The number of nitrogens with two attached hydrogens (primary N) is 1. The second-order valence-corrected chi connectivity index (χ2v) is 3.80. The molecule has 0 unspecified atom stereocenters. The van der Waals surface area contributed by atoms with Crippen molar-refractivity contribution < 1.29 is 0 Å². The molecule has 2 heterocycles. The normalized spacial score (nSPS) is 11.0. The predicted octanol–water partition coefficient (Wildman–Crippen LogP) is 2.04. The summed E-state index contributed by atoms with van der Waals surface area (Å²) in [6, 6.07) is 0. The van der Waals surface area contributed by atoms with Gasteiger partial charge in [-0.2, -0.15) is 0 Å². The van der Waals surface area contributed by atoms with Crippen LogP contribution in [0.15, 0.2) is 10.8 Å². The Balaban J connectivity index is 2.94. The largest absolute Gasteiger partial charge is 0.383 e. The minimum absolute atomic E-state index is 0.342. The van der Waals surface area contributed by atoms with E-state index in [1.807, 2.05) is 6.92 Å². The monoisotopic (exact) mass is 260 g/mol. The first-order valence-electron chi connectivity index (χ1n) is 3.56. The van der Waals surface area contributed by atoms with Crippen LogP contribution < -0.4 is 5.73 Å². The lowest BCUT2D eigenvalue weighted by Gasteiger charge is -1.98. The van der Waals surface area contributed by atoms with Crippen LogP contribution in [-0.2, 0) is 0 Å². The Labute approximate surface area is 87.9 Å². The average Bonchev–Trinajstić information content (AvgIpc) is 2.32. The summed E-state index contributed by atoms with van der Waals surface area (Å²) in [5.41, 5.74) is 7.10. The molecular formula is C7H6BrClN4. The Kier molecular flexibility index (Phi) is 1.92. The van der Waals surface area contributed by atoms with Crippen molar-refractivity contribution in [3.05, 3.63) is 21.6 Å². The van der Waals surface area contributed by atoms with Crippen LogP contribution in [0.3, 0.4) is 0 Å². The Bertz CT molecular complexity index is 479. The fourth-order valence-corrected chi connectivity index (χ4v) is 1.82. The summed E-state index contributed by atoms with van der Waals surface area (Å²) in [4.78, 5) is 8.18. The Morgan fingerprint density at radius 2 is 2.23 bits per heavy atom. The van der Waals surface area contributed by atoms with Gasteiger partial charge in [-0.15, -0.1) is 0 Å². The lowest BCUT2D eigenvalue weighted by atomic mass is 10.5. The van der Waals surface area contributed by atoms with E-state index in [4.69, 9.17) is 17.3 Å². The lowest BCUT2D eigenvalue weighted by molar-refractivity contribution is 1.11. The third kappa shape index (κ3) is 1.28. The molecule has 0 aromatic carbocycles. The summed E-state index contributed by atoms with van der Waals surface area (Å²) < 4.78 is 2.34. The van der Waals surface area contributed by atoms with Crippen molar-refractivity contribution in [1.29, 1.82) is 0 Å². The van der Waals surface area contributed by atoms with Crippen molar-refractivity contribution in [3.63, 3.8) is 0 Å². The molecule has 4 nitrogen and oxygen atoms in total. The van der Waals surface area contributed by atoms with E-state index in [1.165, 1.54) is 0 Å². The van der Waals surface area contributed by atoms with Crippen molar-refractivity contribution in [3.8, 4) is 0 Å². The Hall–Kier alpha value is -0.810. The molecule has 0 radical (unpaired) electrons. The van der Waals surface area contributed by atoms with Crippen molar-refractivity contribution in [2.24, 2.45) is 0 Å². The molecule has 0 aliphatic carbocycles. The molecule has 2 aromatic heterocycles. The van der Waals surface area contributed by atoms with E-state index in [-0.39, 0.29) is 0 Å². The zero-order valence-corrected chi connectivity index (χ0v) is 9.09. The summed E-state index contributed by atoms with van der Waals surface area (Å²) in [6.07, 6.45) is 1.73. The second kappa shape index (κ2) is 2.85. The molecule has 0 atom stereocenters. The SMILES string of the molecule is Cc1nc2c(Cl)nc(Br)cn2c1N. The second-order valence-electron chi connectivity index (χ2n) is 2.63. The summed E-state index contributed by atoms with van der Waals surface area (Å²) >= 11 is 9.09. The van der Waals surface area contributed by atoms with E-state index in [9.17, 15) is 0 Å². The van der Waals surface area contributed by atoms with Crippen LogP contribution in [0.2, 0.25) is 5.15 Å². The van der Waals surface area contributed by atoms with E-state index in [2.05, 4.69) is 25.9 Å². The van der Waals surface area contributed by atoms with Gasteiger partial charge >= 0.3 is 0 Å². The number of aryl methyl sites for hydroxylation is 1. The first-order chi connectivity index (χ1) is 6.09. The highest BCUT2D eigenvalue weighted by molar-refractivity contribution is 9.10. The first kappa shape index (κ1) is 8.77. The maximum atomic E-state index is 5.87. The van der Waals surface area contributed by atoms with Gasteiger partial charge in [-0.25, -0.2) is 9.97 Å². The van der Waals surface area contributed by atoms with E-state index in [1.54, 1.807) is 10.6 Å². The van der Waals surface area contributed by atoms with Crippen molar-refractivity contribution in [2.45, 2.75) is 6.92 Å². The standard InChI is InChI=1S/C7H6BrClN4/c1-3-6(10)13-2-4(8)12-5(9)7(13)11-3/h2H,10H2,1H3. The van der Waals surface area contributed by atoms with Gasteiger partial charge in [0.2, 0.25) is 0 Å². The van der Waals surface area contributed by atoms with Crippen LogP contribution in [0.25, 0.3) is 5.65 Å². The first-order valence-corrected chi connectivity index (χ1v) is 4.73. The minimum atomic E-state index is 0.342. The molecule has 2 aromatic rings. The number of fused-ring (bicyclic) bond motifs is 1. The van der Waals surface area contributed by atoms with E-state index >= 15 is 0 Å². The van der Waals surface area contributed by atoms with Crippen LogP contribution in [0.1, 0.15) is 5.69 Å². The number of aromatic nitrogens is 3. The smallest absolute Gasteiger partial charge is 0.176 e. The molecule has 0 aliphatic heterocycles. The highest BCUT2D eigenvalue weighted by Crippen LogP contribution is 2.22. The third-order valence-corrected chi connectivity index (χ3v) is 2.39. The number of rotatable bonds is 0. The van der Waals surface area contributed by atoms with Gasteiger partial charge in [0.05, 0.1) is 5.69 Å². The molecule has 0 spiro atoms. The molecular weight excluding hydrogens is 255 g/mol. The quantitative estimate of drug-likeness (QED) is 0.789. The molecule has 0 saturated carbocycles. The van der Waals surface area contributed by atoms with E-state index < -0.39 is 0 Å². The molecule has 0 amide bonds. The Morgan fingerprint density at radius 3 is 2.92 bits per heavy atom. The molecule has 6 heteroatoms. The summed E-state index contributed by atoms with van der Waals surface area (Å²) in [7, 11) is 0. The van der Waals surface area contributed by atoms with Crippen molar-refractivity contribution >= 4 is 39.0 Å². The van der Waals surface area contributed by atoms with Crippen LogP contribution in [-0.4, -0.2) is 14.4 Å². The number of hydrogen-bond donors (Lipinski definition) is 1. The minimum Gasteiger partial charge on any atom is -0.383 e. The van der Waals surface area contributed by atoms with Gasteiger partial charge in [0.1, 0.15) is 10.4 Å². The lowest BCUT2D eigenvalue weighted by Crippen LogP contribution is -1.95. The van der Waals surface area contributed by atoms with Gasteiger partial charge in [0, 0.05) is 6.20 Å². The molecule has 2 rings (SSSR count). The topological polar surface area (TPSA) is 56.2 Å². The highest BCUT2D eigenvalue weighted by atomic mass is 79.9. The summed E-state index contributed by atoms with van der Waals surface area (Å²) in [5, 5.41) is 0.342. The van der Waals surface area contributed by atoms with Gasteiger partial charge in [-0.3, -0.25) is 4.40 Å². The summed E-state index contributed by atoms with van der Waals surface area (Å²) in [5.74, 6) is 0.583. The molecule has 13 heavy (non-hydrogen) atoms. The highest BCUT2D eigenvalue weighted by Gasteiger charge is 2.09. The van der Waals surface area contributed by atoms with Crippen molar-refractivity contribution in [1.82, 2.24) is 14.4 Å². The zero-order chi connectivity index (χ0) is 9.59. The van der Waals surface area contributed by atoms with Crippen molar-refractivity contribution in [2.75, 3.05) is 5.73 Å². The molecule has 0 fully saturated rings. The third-order valence-electron chi connectivity index (χ3n) is 1.76. The van der Waals surface area contributed by atoms with Gasteiger partial charge in [0.15, 0.2) is 10.8 Å². The number of hydrogen-bond acceptors (Lipinski definition) is 3. The number of halogens is 2. The average molecular weight is 262 g/mol. The van der Waals surface area contributed by atoms with Gasteiger partial charge < -0.3 is 5.73 Å². The van der Waals surface area contributed by atoms with E-state index in [0.29, 0.717) is 21.2 Å². The predicted molar refractivity (Wildman–Crippen MR) is 54.8 cm³/mol. The van der Waals surface area contributed by atoms with Crippen LogP contribution >= 0.6 is 27.5 Å². The van der Waals surface area contributed by atoms with E-state index in [0.717, 1.165) is 5.69 Å². The van der Waals surface area contributed by atoms with Crippen LogP contribution in [0, 0.1) is 6.92 Å². The maximum absolute atomic E-state index is 5.87. The Morgan fingerprint density at radius 1 is 1.54 bits per heavy atom. The number of imidazole rings is 1.